The fourth-order valence-corrected chi connectivity index (χ4v) is 3.09. The SMILES string of the molecule is CC(OC(=O)Cc1c[nH]c2ccccc12)C(=O)N1CCCCC1. The number of hydrogen-bond acceptors (Lipinski definition) is 3. The highest BCUT2D eigenvalue weighted by atomic mass is 16.5. The molecule has 5 nitrogen and oxygen atoms in total. The number of benzene rings is 1. The lowest BCUT2D eigenvalue weighted by molar-refractivity contribution is -0.159. The molecule has 1 aromatic carbocycles. The van der Waals surface area contributed by atoms with Gasteiger partial charge in [0.1, 0.15) is 0 Å². The van der Waals surface area contributed by atoms with Gasteiger partial charge in [-0.3, -0.25) is 9.59 Å². The zero-order valence-electron chi connectivity index (χ0n) is 13.4. The molecule has 1 saturated heterocycles. The fraction of sp³-hybridized carbons (Fsp3) is 0.444. The largest absolute Gasteiger partial charge is 0.452 e. The number of hydrogen-bond donors (Lipinski definition) is 1. The minimum atomic E-state index is -0.717. The summed E-state index contributed by atoms with van der Waals surface area (Å²) in [5.74, 6) is -0.454. The van der Waals surface area contributed by atoms with Crippen LogP contribution in [0.1, 0.15) is 31.7 Å². The maximum atomic E-state index is 12.3. The van der Waals surface area contributed by atoms with Crippen LogP contribution in [0.4, 0.5) is 0 Å². The number of esters is 1. The number of carbonyl (C=O) groups excluding carboxylic acids is 2. The predicted octanol–water partition coefficient (Wildman–Crippen LogP) is 2.65. The van der Waals surface area contributed by atoms with Crippen LogP contribution in [0.3, 0.4) is 0 Å². The molecule has 1 amide bonds. The van der Waals surface area contributed by atoms with Crippen molar-refractivity contribution in [1.82, 2.24) is 9.88 Å². The Morgan fingerprint density at radius 2 is 1.96 bits per heavy atom. The standard InChI is InChI=1S/C18H22N2O3/c1-13(18(22)20-9-5-2-6-10-20)23-17(21)11-14-12-19-16-8-4-3-7-15(14)16/h3-4,7-8,12-13,19H,2,5-6,9-11H2,1H3. The molecule has 122 valence electrons. The van der Waals surface area contributed by atoms with Gasteiger partial charge in [-0.25, -0.2) is 0 Å². The van der Waals surface area contributed by atoms with E-state index in [9.17, 15) is 9.59 Å². The number of fused-ring (bicyclic) bond motifs is 1. The molecule has 3 rings (SSSR count). The number of aromatic nitrogens is 1. The summed E-state index contributed by atoms with van der Waals surface area (Å²) in [6.45, 7) is 3.19. The maximum Gasteiger partial charge on any atom is 0.311 e. The first-order valence-corrected chi connectivity index (χ1v) is 8.18. The van der Waals surface area contributed by atoms with Crippen molar-refractivity contribution >= 4 is 22.8 Å². The normalized spacial score (nSPS) is 16.3. The molecule has 0 radical (unpaired) electrons. The second kappa shape index (κ2) is 6.86. The molecule has 1 aliphatic rings. The van der Waals surface area contributed by atoms with Crippen LogP contribution in [-0.4, -0.2) is 41.0 Å². The average molecular weight is 314 g/mol. The molecule has 0 spiro atoms. The molecule has 23 heavy (non-hydrogen) atoms. The number of nitrogens with zero attached hydrogens (tertiary/aromatic N) is 1. The summed E-state index contributed by atoms with van der Waals surface area (Å²) in [4.78, 5) is 29.4. The Hall–Kier alpha value is -2.30. The molecule has 0 aliphatic carbocycles. The van der Waals surface area contributed by atoms with Gasteiger partial charge >= 0.3 is 5.97 Å². The Morgan fingerprint density at radius 1 is 1.22 bits per heavy atom. The van der Waals surface area contributed by atoms with E-state index in [0.717, 1.165) is 42.4 Å². The zero-order valence-corrected chi connectivity index (χ0v) is 13.4. The highest BCUT2D eigenvalue weighted by Gasteiger charge is 2.25. The third kappa shape index (κ3) is 3.55. The number of H-pyrrole nitrogens is 1. The van der Waals surface area contributed by atoms with E-state index < -0.39 is 6.10 Å². The molecule has 0 saturated carbocycles. The van der Waals surface area contributed by atoms with Crippen molar-refractivity contribution in [3.63, 3.8) is 0 Å². The van der Waals surface area contributed by atoms with Crippen LogP contribution in [0.5, 0.6) is 0 Å². The highest BCUT2D eigenvalue weighted by molar-refractivity contribution is 5.88. The summed E-state index contributed by atoms with van der Waals surface area (Å²) in [6, 6.07) is 7.82. The van der Waals surface area contributed by atoms with Gasteiger partial charge in [0.25, 0.3) is 5.91 Å². The molecule has 2 aromatic rings. The number of likely N-dealkylation sites (tertiary alicyclic amines) is 1. The van der Waals surface area contributed by atoms with Crippen LogP contribution in [0.15, 0.2) is 30.5 Å². The Bertz CT molecular complexity index is 701. The number of nitrogens with one attached hydrogen (secondary N) is 1. The van der Waals surface area contributed by atoms with Gasteiger partial charge in [0.05, 0.1) is 6.42 Å². The third-order valence-electron chi connectivity index (χ3n) is 4.33. The molecule has 1 fully saturated rings. The van der Waals surface area contributed by atoms with Crippen molar-refractivity contribution in [1.29, 1.82) is 0 Å². The first-order valence-electron chi connectivity index (χ1n) is 8.18. The Balaban J connectivity index is 1.59. The van der Waals surface area contributed by atoms with Gasteiger partial charge in [-0.1, -0.05) is 18.2 Å². The molecule has 5 heteroatoms. The van der Waals surface area contributed by atoms with Gasteiger partial charge in [-0.2, -0.15) is 0 Å². The van der Waals surface area contributed by atoms with Gasteiger partial charge in [-0.05, 0) is 37.8 Å². The topological polar surface area (TPSA) is 62.4 Å². The maximum absolute atomic E-state index is 12.3. The summed E-state index contributed by atoms with van der Waals surface area (Å²) < 4.78 is 5.34. The van der Waals surface area contributed by atoms with E-state index in [1.807, 2.05) is 30.5 Å². The van der Waals surface area contributed by atoms with Gasteiger partial charge in [-0.15, -0.1) is 0 Å². The third-order valence-corrected chi connectivity index (χ3v) is 4.33. The summed E-state index contributed by atoms with van der Waals surface area (Å²) in [5.41, 5.74) is 1.89. The number of aromatic amines is 1. The Kier molecular flexibility index (Phi) is 4.65. The van der Waals surface area contributed by atoms with Crippen molar-refractivity contribution in [2.45, 2.75) is 38.7 Å². The Labute approximate surface area is 135 Å². The molecule has 1 N–H and O–H groups in total. The number of para-hydroxylation sites is 1. The zero-order chi connectivity index (χ0) is 16.2. The van der Waals surface area contributed by atoms with Gasteiger partial charge in [0.15, 0.2) is 6.10 Å². The number of rotatable bonds is 4. The molecular formula is C18H22N2O3. The molecule has 1 unspecified atom stereocenters. The van der Waals surface area contributed by atoms with E-state index >= 15 is 0 Å². The Morgan fingerprint density at radius 3 is 2.74 bits per heavy atom. The lowest BCUT2D eigenvalue weighted by atomic mass is 10.1. The number of ether oxygens (including phenoxy) is 1. The molecule has 2 heterocycles. The minimum absolute atomic E-state index is 0.0861. The summed E-state index contributed by atoms with van der Waals surface area (Å²) in [5, 5.41) is 1.01. The summed E-state index contributed by atoms with van der Waals surface area (Å²) in [6.07, 6.45) is 4.50. The molecule has 0 bridgehead atoms. The van der Waals surface area contributed by atoms with Crippen molar-refractivity contribution in [3.05, 3.63) is 36.0 Å². The van der Waals surface area contributed by atoms with Crippen LogP contribution in [0, 0.1) is 0 Å². The van der Waals surface area contributed by atoms with E-state index in [2.05, 4.69) is 4.98 Å². The minimum Gasteiger partial charge on any atom is -0.452 e. The van der Waals surface area contributed by atoms with Gasteiger partial charge < -0.3 is 14.6 Å². The van der Waals surface area contributed by atoms with Gasteiger partial charge in [0, 0.05) is 30.2 Å². The second-order valence-corrected chi connectivity index (χ2v) is 6.05. The van der Waals surface area contributed by atoms with Crippen LogP contribution in [-0.2, 0) is 20.7 Å². The molecule has 1 aliphatic heterocycles. The molecule has 1 aromatic heterocycles. The molecule has 1 atom stereocenters. The smallest absolute Gasteiger partial charge is 0.311 e. The van der Waals surface area contributed by atoms with E-state index in [1.54, 1.807) is 11.8 Å². The van der Waals surface area contributed by atoms with Crippen LogP contribution in [0.25, 0.3) is 10.9 Å². The fourth-order valence-electron chi connectivity index (χ4n) is 3.09. The van der Waals surface area contributed by atoms with Crippen molar-refractivity contribution < 1.29 is 14.3 Å². The lowest BCUT2D eigenvalue weighted by Crippen LogP contribution is -2.42. The van der Waals surface area contributed by atoms with E-state index in [-0.39, 0.29) is 18.3 Å². The summed E-state index contributed by atoms with van der Waals surface area (Å²) >= 11 is 0. The number of piperidine rings is 1. The lowest BCUT2D eigenvalue weighted by Gasteiger charge is -2.28. The number of carbonyl (C=O) groups is 2. The van der Waals surface area contributed by atoms with E-state index in [0.29, 0.717) is 0 Å². The van der Waals surface area contributed by atoms with Crippen LogP contribution >= 0.6 is 0 Å². The predicted molar refractivity (Wildman–Crippen MR) is 88.0 cm³/mol. The highest BCUT2D eigenvalue weighted by Crippen LogP contribution is 2.19. The average Bonchev–Trinajstić information content (AvgIpc) is 2.98. The van der Waals surface area contributed by atoms with Crippen molar-refractivity contribution in [2.75, 3.05) is 13.1 Å². The first kappa shape index (κ1) is 15.6. The summed E-state index contributed by atoms with van der Waals surface area (Å²) in [7, 11) is 0. The monoisotopic (exact) mass is 314 g/mol. The van der Waals surface area contributed by atoms with Crippen LogP contribution < -0.4 is 0 Å². The molecular weight excluding hydrogens is 292 g/mol. The van der Waals surface area contributed by atoms with Crippen molar-refractivity contribution in [3.8, 4) is 0 Å². The van der Waals surface area contributed by atoms with E-state index in [4.69, 9.17) is 4.74 Å². The van der Waals surface area contributed by atoms with Gasteiger partial charge in [0.2, 0.25) is 0 Å². The van der Waals surface area contributed by atoms with E-state index in [1.165, 1.54) is 6.42 Å². The number of amides is 1. The first-order chi connectivity index (χ1) is 11.1. The quantitative estimate of drug-likeness (QED) is 0.883. The van der Waals surface area contributed by atoms with Crippen LogP contribution in [0.2, 0.25) is 0 Å². The second-order valence-electron chi connectivity index (χ2n) is 6.05. The van der Waals surface area contributed by atoms with Crippen molar-refractivity contribution in [2.24, 2.45) is 0 Å².